The van der Waals surface area contributed by atoms with E-state index in [4.69, 9.17) is 4.84 Å². The summed E-state index contributed by atoms with van der Waals surface area (Å²) in [6.07, 6.45) is 0.287. The zero-order valence-corrected chi connectivity index (χ0v) is 8.23. The van der Waals surface area contributed by atoms with Crippen LogP contribution in [0.1, 0.15) is 13.8 Å². The third kappa shape index (κ3) is 2.74. The minimum atomic E-state index is 0. The van der Waals surface area contributed by atoms with E-state index in [1.807, 2.05) is 0 Å². The van der Waals surface area contributed by atoms with Crippen LogP contribution in [-0.2, 0) is 25.3 Å². The molecule has 0 aliphatic carbocycles. The molecular weight excluding hydrogens is 290 g/mol. The van der Waals surface area contributed by atoms with Gasteiger partial charge in [0.1, 0.15) is 0 Å². The molecule has 0 aromatic carbocycles. The summed E-state index contributed by atoms with van der Waals surface area (Å²) in [6, 6.07) is 0. The average molecular weight is 301 g/mol. The molecule has 0 bridgehead atoms. The van der Waals surface area contributed by atoms with Crippen molar-refractivity contribution in [3.8, 4) is 0 Å². The Balaban J connectivity index is 0.000000640. The third-order valence-electron chi connectivity index (χ3n) is 1.17. The van der Waals surface area contributed by atoms with E-state index < -0.39 is 0 Å². The van der Waals surface area contributed by atoms with Crippen molar-refractivity contribution < 1.29 is 25.3 Å². The molecule has 1 aliphatic rings. The molecule has 1 radical (unpaired) electrons. The summed E-state index contributed by atoms with van der Waals surface area (Å²) in [7, 11) is 0. The van der Waals surface area contributed by atoms with Crippen LogP contribution >= 0.6 is 0 Å². The van der Waals surface area contributed by atoms with E-state index in [-0.39, 0.29) is 26.6 Å². The van der Waals surface area contributed by atoms with Gasteiger partial charge in [-0.25, -0.2) is 5.48 Å². The summed E-state index contributed by atoms with van der Waals surface area (Å²) < 4.78 is 0. The van der Waals surface area contributed by atoms with Crippen LogP contribution in [0, 0.1) is 12.6 Å². The Hall–Kier alpha value is 0.542. The molecule has 1 fully saturated rings. The summed E-state index contributed by atoms with van der Waals surface area (Å²) in [6.45, 7) is 5.80. The normalized spacial score (nSPS) is 26.3. The van der Waals surface area contributed by atoms with Gasteiger partial charge in [0.2, 0.25) is 0 Å². The molecule has 0 amide bonds. The fourth-order valence-electron chi connectivity index (χ4n) is 0.577. The van der Waals surface area contributed by atoms with Crippen molar-refractivity contribution in [2.75, 3.05) is 0 Å². The molecule has 1 heterocycles. The van der Waals surface area contributed by atoms with E-state index in [9.17, 15) is 0 Å². The van der Waals surface area contributed by atoms with Gasteiger partial charge < -0.3 is 10.2 Å². The quantitative estimate of drug-likeness (QED) is 0.679. The van der Waals surface area contributed by atoms with Crippen LogP contribution in [0.2, 0.25) is 0 Å². The van der Waals surface area contributed by atoms with E-state index >= 15 is 0 Å². The van der Waals surface area contributed by atoms with Crippen molar-refractivity contribution in [3.05, 3.63) is 6.73 Å². The standard InChI is InChI=1S/C5H11N2O.Re/c1-4(2)5-6-3-8-7-5;/h3-7H,1-2H3;/q-1;. The van der Waals surface area contributed by atoms with Crippen LogP contribution < -0.4 is 10.8 Å². The first-order chi connectivity index (χ1) is 3.80. The van der Waals surface area contributed by atoms with Crippen molar-refractivity contribution in [2.45, 2.75) is 20.0 Å². The van der Waals surface area contributed by atoms with E-state index in [0.717, 1.165) is 0 Å². The maximum absolute atomic E-state index is 4.73. The first kappa shape index (κ1) is 9.54. The van der Waals surface area contributed by atoms with Crippen LogP contribution in [0.3, 0.4) is 0 Å². The van der Waals surface area contributed by atoms with Gasteiger partial charge in [-0.2, -0.15) is 0 Å². The van der Waals surface area contributed by atoms with Gasteiger partial charge >= 0.3 is 0 Å². The predicted molar refractivity (Wildman–Crippen MR) is 30.3 cm³/mol. The van der Waals surface area contributed by atoms with E-state index in [0.29, 0.717) is 5.92 Å². The first-order valence-electron chi connectivity index (χ1n) is 2.79. The summed E-state index contributed by atoms with van der Waals surface area (Å²) in [5, 5.41) is 3.00. The van der Waals surface area contributed by atoms with E-state index in [2.05, 4.69) is 24.6 Å². The molecule has 1 unspecified atom stereocenters. The molecule has 0 spiro atoms. The average Bonchev–Trinajstić information content (AvgIpc) is 2.12. The van der Waals surface area contributed by atoms with Crippen LogP contribution in [0.5, 0.6) is 0 Å². The van der Waals surface area contributed by atoms with Crippen molar-refractivity contribution >= 4 is 0 Å². The second kappa shape index (κ2) is 4.37. The Morgan fingerprint density at radius 2 is 2.22 bits per heavy atom. The summed E-state index contributed by atoms with van der Waals surface area (Å²) in [5.74, 6) is 0.564. The zero-order valence-electron chi connectivity index (χ0n) is 5.52. The molecule has 1 saturated heterocycles. The van der Waals surface area contributed by atoms with Gasteiger partial charge in [0, 0.05) is 20.4 Å². The monoisotopic (exact) mass is 302 g/mol. The second-order valence-electron chi connectivity index (χ2n) is 2.24. The Morgan fingerprint density at radius 1 is 1.56 bits per heavy atom. The molecule has 0 saturated carbocycles. The van der Waals surface area contributed by atoms with Crippen molar-refractivity contribution in [3.63, 3.8) is 0 Å². The Bertz CT molecular complexity index is 73.4. The smallest absolute Gasteiger partial charge is 0.0556 e. The maximum Gasteiger partial charge on any atom is 0.0556 e. The zero-order chi connectivity index (χ0) is 5.98. The summed E-state index contributed by atoms with van der Waals surface area (Å²) in [4.78, 5) is 4.73. The Morgan fingerprint density at radius 3 is 2.44 bits per heavy atom. The van der Waals surface area contributed by atoms with Gasteiger partial charge in [-0.3, -0.25) is 0 Å². The van der Waals surface area contributed by atoms with Crippen LogP contribution in [-0.4, -0.2) is 6.17 Å². The largest absolute Gasteiger partial charge is 0.459 e. The SMILES string of the molecule is CC(C)C1N[CH-]ON1.[Re]. The number of hydrogen-bond acceptors (Lipinski definition) is 3. The molecule has 55 valence electrons. The number of hydrogen-bond donors (Lipinski definition) is 2. The molecule has 3 nitrogen and oxygen atoms in total. The van der Waals surface area contributed by atoms with Crippen LogP contribution in [0.15, 0.2) is 0 Å². The number of rotatable bonds is 1. The van der Waals surface area contributed by atoms with E-state index in [1.54, 1.807) is 6.73 Å². The molecular formula is C5H11N2ORe-. The predicted octanol–water partition coefficient (Wildman–Crippen LogP) is 0.210. The summed E-state index contributed by atoms with van der Waals surface area (Å²) >= 11 is 0. The van der Waals surface area contributed by atoms with Gasteiger partial charge in [-0.15, -0.1) is 6.73 Å². The first-order valence-corrected chi connectivity index (χ1v) is 2.79. The van der Waals surface area contributed by atoms with Crippen molar-refractivity contribution in [2.24, 2.45) is 5.92 Å². The molecule has 2 N–H and O–H groups in total. The van der Waals surface area contributed by atoms with Gasteiger partial charge in [0.25, 0.3) is 0 Å². The topological polar surface area (TPSA) is 33.3 Å². The Kier molecular flexibility index (Phi) is 4.64. The van der Waals surface area contributed by atoms with Gasteiger partial charge in [0.15, 0.2) is 0 Å². The molecule has 1 aliphatic heterocycles. The molecule has 9 heavy (non-hydrogen) atoms. The minimum absolute atomic E-state index is 0. The molecule has 0 aromatic heterocycles. The van der Waals surface area contributed by atoms with Crippen LogP contribution in [0.4, 0.5) is 0 Å². The number of nitrogens with one attached hydrogen (secondary N) is 2. The minimum Gasteiger partial charge on any atom is -0.459 e. The molecule has 4 heteroatoms. The molecule has 1 atom stereocenters. The van der Waals surface area contributed by atoms with Crippen molar-refractivity contribution in [1.82, 2.24) is 10.8 Å². The third-order valence-corrected chi connectivity index (χ3v) is 1.17. The second-order valence-corrected chi connectivity index (χ2v) is 2.24. The molecule has 0 aromatic rings. The summed E-state index contributed by atoms with van der Waals surface area (Å²) in [5.41, 5.74) is 2.79. The Labute approximate surface area is 69.1 Å². The number of hydroxylamine groups is 1. The van der Waals surface area contributed by atoms with Gasteiger partial charge in [-0.05, 0) is 5.92 Å². The fourth-order valence-corrected chi connectivity index (χ4v) is 0.577. The van der Waals surface area contributed by atoms with E-state index in [1.165, 1.54) is 0 Å². The van der Waals surface area contributed by atoms with Gasteiger partial charge in [-0.1, -0.05) is 13.8 Å². The fraction of sp³-hybridized carbons (Fsp3) is 0.800. The van der Waals surface area contributed by atoms with Crippen molar-refractivity contribution in [1.29, 1.82) is 0 Å². The molecule has 1 rings (SSSR count). The van der Waals surface area contributed by atoms with Gasteiger partial charge in [0.05, 0.1) is 6.17 Å². The maximum atomic E-state index is 4.73. The van der Waals surface area contributed by atoms with Crippen LogP contribution in [0.25, 0.3) is 0 Å².